The lowest BCUT2D eigenvalue weighted by atomic mass is 9.77. The van der Waals surface area contributed by atoms with Crippen molar-refractivity contribution in [2.24, 2.45) is 11.8 Å². The number of imide groups is 1. The summed E-state index contributed by atoms with van der Waals surface area (Å²) in [5.74, 6) is -4.28. The van der Waals surface area contributed by atoms with E-state index in [4.69, 9.17) is 27.9 Å². The number of nitrogens with zero attached hydrogens (tertiary/aromatic N) is 1. The molecule has 2 aliphatic carbocycles. The van der Waals surface area contributed by atoms with Gasteiger partial charge in [0.05, 0.1) is 17.9 Å². The van der Waals surface area contributed by atoms with Crippen molar-refractivity contribution < 1.29 is 23.9 Å². The Morgan fingerprint density at radius 1 is 0.879 bits per heavy atom. The van der Waals surface area contributed by atoms with E-state index < -0.39 is 46.9 Å². The van der Waals surface area contributed by atoms with Crippen LogP contribution in [-0.2, 0) is 14.3 Å². The Labute approximate surface area is 199 Å². The summed E-state index contributed by atoms with van der Waals surface area (Å²) in [5, 5.41) is 0.646. The molecule has 2 aromatic carbocycles. The number of amides is 2. The molecule has 1 spiro atoms. The quantitative estimate of drug-likeness (QED) is 0.466. The number of benzene rings is 2. The van der Waals surface area contributed by atoms with E-state index in [-0.39, 0.29) is 22.2 Å². The third kappa shape index (κ3) is 2.66. The molecule has 3 fully saturated rings. The lowest BCUT2D eigenvalue weighted by molar-refractivity contribution is -0.147. The summed E-state index contributed by atoms with van der Waals surface area (Å²) in [6, 6.07) is 11.0. The smallest absolute Gasteiger partial charge is 0.237 e. The van der Waals surface area contributed by atoms with Crippen LogP contribution in [0, 0.1) is 11.8 Å². The van der Waals surface area contributed by atoms with Crippen molar-refractivity contribution in [1.29, 1.82) is 0 Å². The molecule has 2 aliphatic heterocycles. The summed E-state index contributed by atoms with van der Waals surface area (Å²) in [5.41, 5.74) is -1.21. The molecule has 0 bridgehead atoms. The maximum Gasteiger partial charge on any atom is 0.237 e. The topological polar surface area (TPSA) is 80.8 Å². The zero-order chi connectivity index (χ0) is 23.1. The summed E-state index contributed by atoms with van der Waals surface area (Å²) in [6.45, 7) is 0. The fourth-order valence-electron chi connectivity index (χ4n) is 6.08. The van der Waals surface area contributed by atoms with Crippen molar-refractivity contribution in [1.82, 2.24) is 4.90 Å². The lowest BCUT2D eigenvalue weighted by Gasteiger charge is -2.29. The minimum atomic E-state index is -2.07. The monoisotopic (exact) mass is 483 g/mol. The van der Waals surface area contributed by atoms with Gasteiger partial charge in [0.1, 0.15) is 0 Å². The van der Waals surface area contributed by atoms with Crippen molar-refractivity contribution in [2.75, 3.05) is 0 Å². The maximum atomic E-state index is 13.8. The molecule has 0 unspecified atom stereocenters. The number of fused-ring (bicyclic) bond motifs is 3. The van der Waals surface area contributed by atoms with Gasteiger partial charge in [-0.3, -0.25) is 24.1 Å². The van der Waals surface area contributed by atoms with Gasteiger partial charge >= 0.3 is 0 Å². The number of ketones is 2. The fourth-order valence-corrected chi connectivity index (χ4v) is 6.59. The van der Waals surface area contributed by atoms with Gasteiger partial charge < -0.3 is 4.74 Å². The first-order valence-corrected chi connectivity index (χ1v) is 11.8. The molecule has 8 heteroatoms. The fraction of sp³-hybridized carbons (Fsp3) is 0.360. The number of carbonyl (C=O) groups is 4. The van der Waals surface area contributed by atoms with Gasteiger partial charge in [-0.2, -0.15) is 0 Å². The average Bonchev–Trinajstić information content (AvgIpc) is 3.53. The highest BCUT2D eigenvalue weighted by molar-refractivity contribution is 6.36. The van der Waals surface area contributed by atoms with Gasteiger partial charge in [-0.1, -0.05) is 66.4 Å². The molecule has 1 saturated carbocycles. The molecule has 3 atom stereocenters. The number of hydrogen-bond donors (Lipinski definition) is 0. The van der Waals surface area contributed by atoms with Gasteiger partial charge in [-0.15, -0.1) is 0 Å². The SMILES string of the molecule is O=C1[C@@H]2[C@@H](C(=O)N1C1CCCC1)C1(O[C@H]2c2ccc(Cl)cc2Cl)C(=O)c2ccccc2C1=O. The van der Waals surface area contributed by atoms with Crippen molar-refractivity contribution in [3.05, 3.63) is 69.2 Å². The normalized spacial score (nSPS) is 28.3. The van der Waals surface area contributed by atoms with Gasteiger partial charge in [0.2, 0.25) is 29.0 Å². The average molecular weight is 484 g/mol. The Kier molecular flexibility index (Phi) is 4.60. The van der Waals surface area contributed by atoms with Gasteiger partial charge in [0.25, 0.3) is 0 Å². The Hall–Kier alpha value is -2.54. The van der Waals surface area contributed by atoms with Gasteiger partial charge in [0, 0.05) is 32.8 Å². The number of halogens is 2. The number of carbonyl (C=O) groups excluding carboxylic acids is 4. The molecule has 0 aromatic heterocycles. The van der Waals surface area contributed by atoms with E-state index in [2.05, 4.69) is 0 Å². The van der Waals surface area contributed by atoms with E-state index in [1.54, 1.807) is 36.4 Å². The first kappa shape index (κ1) is 21.0. The number of hydrogen-bond acceptors (Lipinski definition) is 5. The van der Waals surface area contributed by atoms with Crippen LogP contribution in [0.4, 0.5) is 0 Å². The zero-order valence-corrected chi connectivity index (χ0v) is 18.9. The summed E-state index contributed by atoms with van der Waals surface area (Å²) >= 11 is 12.5. The minimum absolute atomic E-state index is 0.212. The third-order valence-corrected chi connectivity index (χ3v) is 8.07. The second kappa shape index (κ2) is 7.23. The van der Waals surface area contributed by atoms with Crippen LogP contribution in [-0.4, -0.2) is 39.9 Å². The number of likely N-dealkylation sites (tertiary alicyclic amines) is 1. The molecule has 33 heavy (non-hydrogen) atoms. The highest BCUT2D eigenvalue weighted by Gasteiger charge is 2.75. The van der Waals surface area contributed by atoms with Crippen LogP contribution in [0.3, 0.4) is 0 Å². The Morgan fingerprint density at radius 3 is 2.12 bits per heavy atom. The predicted octanol–water partition coefficient (Wildman–Crippen LogP) is 4.43. The molecular weight excluding hydrogens is 465 g/mol. The molecule has 0 N–H and O–H groups in total. The largest absolute Gasteiger partial charge is 0.349 e. The second-order valence-corrected chi connectivity index (χ2v) is 9.98. The van der Waals surface area contributed by atoms with Crippen LogP contribution in [0.2, 0.25) is 10.0 Å². The molecule has 4 aliphatic rings. The highest BCUT2D eigenvalue weighted by Crippen LogP contribution is 2.58. The second-order valence-electron chi connectivity index (χ2n) is 9.13. The molecular formula is C25H19Cl2NO5. The van der Waals surface area contributed by atoms with E-state index in [1.165, 1.54) is 11.0 Å². The molecule has 2 amide bonds. The van der Waals surface area contributed by atoms with Crippen LogP contribution < -0.4 is 0 Å². The van der Waals surface area contributed by atoms with E-state index in [9.17, 15) is 19.2 Å². The van der Waals surface area contributed by atoms with E-state index >= 15 is 0 Å². The first-order valence-electron chi connectivity index (χ1n) is 11.0. The molecule has 6 rings (SSSR count). The maximum absolute atomic E-state index is 13.8. The predicted molar refractivity (Wildman–Crippen MR) is 119 cm³/mol. The van der Waals surface area contributed by atoms with E-state index in [0.717, 1.165) is 25.7 Å². The summed E-state index contributed by atoms with van der Waals surface area (Å²) in [7, 11) is 0. The van der Waals surface area contributed by atoms with Crippen molar-refractivity contribution in [3.8, 4) is 0 Å². The molecule has 6 nitrogen and oxygen atoms in total. The summed E-state index contributed by atoms with van der Waals surface area (Å²) in [6.07, 6.45) is 2.27. The first-order chi connectivity index (χ1) is 15.9. The van der Waals surface area contributed by atoms with Crippen LogP contribution >= 0.6 is 23.2 Å². The summed E-state index contributed by atoms with van der Waals surface area (Å²) in [4.78, 5) is 56.2. The molecule has 168 valence electrons. The van der Waals surface area contributed by atoms with Gasteiger partial charge in [-0.05, 0) is 25.0 Å². The number of ether oxygens (including phenoxy) is 1. The number of rotatable bonds is 2. The number of Topliss-reactive ketones (excluding diaryl/α,β-unsaturated/α-hetero) is 2. The highest BCUT2D eigenvalue weighted by atomic mass is 35.5. The van der Waals surface area contributed by atoms with Crippen LogP contribution in [0.25, 0.3) is 0 Å². The van der Waals surface area contributed by atoms with E-state index in [1.807, 2.05) is 0 Å². The van der Waals surface area contributed by atoms with Crippen molar-refractivity contribution in [2.45, 2.75) is 43.4 Å². The van der Waals surface area contributed by atoms with Crippen molar-refractivity contribution >= 4 is 46.6 Å². The van der Waals surface area contributed by atoms with Crippen LogP contribution in [0.1, 0.15) is 58.1 Å². The van der Waals surface area contributed by atoms with Gasteiger partial charge in [0.15, 0.2) is 0 Å². The molecule has 2 heterocycles. The minimum Gasteiger partial charge on any atom is -0.349 e. The molecule has 2 aromatic rings. The molecule has 2 saturated heterocycles. The van der Waals surface area contributed by atoms with Crippen LogP contribution in [0.5, 0.6) is 0 Å². The standard InChI is InChI=1S/C25H19Cl2NO5/c26-12-9-10-16(17(27)11-12)20-18-19(24(32)28(23(18)31)13-5-1-2-6-13)25(33-20)21(29)14-7-3-4-8-15(14)22(25)30/h3-4,7-11,13,18-20H,1-2,5-6H2/t18-,19+,20+/m1/s1. The zero-order valence-electron chi connectivity index (χ0n) is 17.4. The van der Waals surface area contributed by atoms with Crippen molar-refractivity contribution in [3.63, 3.8) is 0 Å². The third-order valence-electron chi connectivity index (χ3n) is 7.51. The molecule has 0 radical (unpaired) electrons. The Bertz CT molecular complexity index is 1220. The van der Waals surface area contributed by atoms with Gasteiger partial charge in [-0.25, -0.2) is 0 Å². The van der Waals surface area contributed by atoms with E-state index in [0.29, 0.717) is 10.6 Å². The Morgan fingerprint density at radius 2 is 1.52 bits per heavy atom. The summed E-state index contributed by atoms with van der Waals surface area (Å²) < 4.78 is 6.25. The Balaban J connectivity index is 1.54. The lowest BCUT2D eigenvalue weighted by Crippen LogP contribution is -2.51. The van der Waals surface area contributed by atoms with Crippen LogP contribution in [0.15, 0.2) is 42.5 Å².